The molecule has 26 heavy (non-hydrogen) atoms. The van der Waals surface area contributed by atoms with E-state index in [9.17, 15) is 10.1 Å². The van der Waals surface area contributed by atoms with Crippen LogP contribution >= 0.6 is 0 Å². The molecule has 3 aromatic rings. The molecular formula is C20H19N3O3. The summed E-state index contributed by atoms with van der Waals surface area (Å²) in [6.45, 7) is 1.91. The van der Waals surface area contributed by atoms with Gasteiger partial charge in [-0.2, -0.15) is 0 Å². The molecule has 0 spiro atoms. The molecule has 1 aliphatic heterocycles. The number of fused-ring (bicyclic) bond motifs is 1. The van der Waals surface area contributed by atoms with Crippen molar-refractivity contribution in [1.29, 1.82) is 0 Å². The van der Waals surface area contributed by atoms with Crippen LogP contribution in [0.1, 0.15) is 12.8 Å². The zero-order valence-corrected chi connectivity index (χ0v) is 14.2. The third-order valence-corrected chi connectivity index (χ3v) is 4.73. The van der Waals surface area contributed by atoms with Gasteiger partial charge >= 0.3 is 0 Å². The molecule has 132 valence electrons. The third kappa shape index (κ3) is 3.23. The number of benzene rings is 2. The Morgan fingerprint density at radius 1 is 1.08 bits per heavy atom. The SMILES string of the molecule is O=[N+]([O-])c1ccc(-c2c(OC3CCNCC3)ccc3cnccc23)cc1. The van der Waals surface area contributed by atoms with Crippen molar-refractivity contribution in [3.63, 3.8) is 0 Å². The first-order valence-corrected chi connectivity index (χ1v) is 8.71. The number of nitro benzene ring substituents is 1. The van der Waals surface area contributed by atoms with E-state index in [1.54, 1.807) is 18.3 Å². The second-order valence-electron chi connectivity index (χ2n) is 6.41. The number of hydrogen-bond acceptors (Lipinski definition) is 5. The number of hydrogen-bond donors (Lipinski definition) is 1. The van der Waals surface area contributed by atoms with E-state index in [-0.39, 0.29) is 16.7 Å². The zero-order chi connectivity index (χ0) is 17.9. The molecule has 2 heterocycles. The average molecular weight is 349 g/mol. The summed E-state index contributed by atoms with van der Waals surface area (Å²) in [5, 5.41) is 16.3. The van der Waals surface area contributed by atoms with Crippen molar-refractivity contribution in [1.82, 2.24) is 10.3 Å². The molecule has 4 rings (SSSR count). The van der Waals surface area contributed by atoms with Gasteiger partial charge in [-0.25, -0.2) is 0 Å². The van der Waals surface area contributed by atoms with Gasteiger partial charge in [0.05, 0.1) is 4.92 Å². The minimum Gasteiger partial charge on any atom is -0.490 e. The fourth-order valence-electron chi connectivity index (χ4n) is 3.39. The highest BCUT2D eigenvalue weighted by Gasteiger charge is 2.19. The Bertz CT molecular complexity index is 935. The van der Waals surface area contributed by atoms with E-state index in [0.29, 0.717) is 0 Å². The standard InChI is InChI=1S/C20H19N3O3/c24-23(25)16-4-1-14(2-5-16)20-18-9-12-22-13-15(18)3-6-19(20)26-17-7-10-21-11-8-17/h1-6,9,12-13,17,21H,7-8,10-11H2. The highest BCUT2D eigenvalue weighted by molar-refractivity contribution is 5.99. The smallest absolute Gasteiger partial charge is 0.269 e. The van der Waals surface area contributed by atoms with Crippen LogP contribution in [0.3, 0.4) is 0 Å². The first-order chi connectivity index (χ1) is 12.7. The molecule has 1 fully saturated rings. The number of piperidine rings is 1. The van der Waals surface area contributed by atoms with Gasteiger partial charge in [-0.05, 0) is 67.2 Å². The van der Waals surface area contributed by atoms with Crippen molar-refractivity contribution >= 4 is 16.5 Å². The van der Waals surface area contributed by atoms with E-state index in [1.807, 2.05) is 24.4 Å². The fraction of sp³-hybridized carbons (Fsp3) is 0.250. The van der Waals surface area contributed by atoms with Crippen molar-refractivity contribution in [3.05, 3.63) is 65.0 Å². The molecule has 0 bridgehead atoms. The van der Waals surface area contributed by atoms with Crippen LogP contribution in [0, 0.1) is 10.1 Å². The maximum atomic E-state index is 11.0. The highest BCUT2D eigenvalue weighted by atomic mass is 16.6. The lowest BCUT2D eigenvalue weighted by molar-refractivity contribution is -0.384. The van der Waals surface area contributed by atoms with E-state index in [4.69, 9.17) is 4.74 Å². The highest BCUT2D eigenvalue weighted by Crippen LogP contribution is 2.38. The van der Waals surface area contributed by atoms with Gasteiger partial charge in [0.1, 0.15) is 11.9 Å². The summed E-state index contributed by atoms with van der Waals surface area (Å²) in [6, 6.07) is 12.6. The van der Waals surface area contributed by atoms with Crippen LogP contribution < -0.4 is 10.1 Å². The topological polar surface area (TPSA) is 77.3 Å². The van der Waals surface area contributed by atoms with Crippen LogP contribution in [0.2, 0.25) is 0 Å². The molecule has 2 aromatic carbocycles. The van der Waals surface area contributed by atoms with Gasteiger partial charge in [0.2, 0.25) is 0 Å². The van der Waals surface area contributed by atoms with Crippen LogP contribution in [-0.4, -0.2) is 29.1 Å². The summed E-state index contributed by atoms with van der Waals surface area (Å²) >= 11 is 0. The molecule has 1 aromatic heterocycles. The molecule has 0 saturated carbocycles. The zero-order valence-electron chi connectivity index (χ0n) is 14.2. The largest absolute Gasteiger partial charge is 0.490 e. The first-order valence-electron chi connectivity index (χ1n) is 8.71. The molecule has 0 atom stereocenters. The van der Waals surface area contributed by atoms with Crippen molar-refractivity contribution in [2.24, 2.45) is 0 Å². The number of non-ortho nitro benzene ring substituents is 1. The lowest BCUT2D eigenvalue weighted by atomic mass is 9.97. The van der Waals surface area contributed by atoms with Gasteiger partial charge in [-0.3, -0.25) is 15.1 Å². The molecule has 1 saturated heterocycles. The lowest BCUT2D eigenvalue weighted by Gasteiger charge is -2.25. The maximum absolute atomic E-state index is 11.0. The molecule has 0 unspecified atom stereocenters. The Labute approximate surface area is 151 Å². The summed E-state index contributed by atoms with van der Waals surface area (Å²) in [5.74, 6) is 0.810. The number of rotatable bonds is 4. The number of ether oxygens (including phenoxy) is 1. The molecule has 1 N–H and O–H groups in total. The molecule has 0 amide bonds. The molecule has 6 nitrogen and oxygen atoms in total. The second kappa shape index (κ2) is 7.09. The normalized spacial score (nSPS) is 15.1. The van der Waals surface area contributed by atoms with Crippen molar-refractivity contribution in [3.8, 4) is 16.9 Å². The van der Waals surface area contributed by atoms with Gasteiger partial charge < -0.3 is 10.1 Å². The Morgan fingerprint density at radius 2 is 1.85 bits per heavy atom. The van der Waals surface area contributed by atoms with Gasteiger partial charge in [-0.15, -0.1) is 0 Å². The predicted octanol–water partition coefficient (Wildman–Crippen LogP) is 3.94. The Hall–Kier alpha value is -2.99. The number of aromatic nitrogens is 1. The predicted molar refractivity (Wildman–Crippen MR) is 100 cm³/mol. The average Bonchev–Trinajstić information content (AvgIpc) is 2.69. The molecule has 0 aliphatic carbocycles. The van der Waals surface area contributed by atoms with E-state index in [0.717, 1.165) is 53.6 Å². The summed E-state index contributed by atoms with van der Waals surface area (Å²) in [6.07, 6.45) is 5.68. The number of nitrogens with zero attached hydrogens (tertiary/aromatic N) is 2. The van der Waals surface area contributed by atoms with Crippen LogP contribution in [0.15, 0.2) is 54.9 Å². The third-order valence-electron chi connectivity index (χ3n) is 4.73. The van der Waals surface area contributed by atoms with Gasteiger partial charge in [-0.1, -0.05) is 0 Å². The van der Waals surface area contributed by atoms with E-state index in [1.165, 1.54) is 12.1 Å². The Balaban J connectivity index is 1.81. The lowest BCUT2D eigenvalue weighted by Crippen LogP contribution is -2.34. The van der Waals surface area contributed by atoms with Gasteiger partial charge in [0, 0.05) is 35.5 Å². The summed E-state index contributed by atoms with van der Waals surface area (Å²) < 4.78 is 6.33. The van der Waals surface area contributed by atoms with Crippen LogP contribution in [0.4, 0.5) is 5.69 Å². The maximum Gasteiger partial charge on any atom is 0.269 e. The van der Waals surface area contributed by atoms with Gasteiger partial charge in [0.25, 0.3) is 5.69 Å². The summed E-state index contributed by atoms with van der Waals surface area (Å²) in [5.41, 5.74) is 1.94. The molecule has 1 aliphatic rings. The van der Waals surface area contributed by atoms with Crippen molar-refractivity contribution in [2.45, 2.75) is 18.9 Å². The van der Waals surface area contributed by atoms with Gasteiger partial charge in [0.15, 0.2) is 0 Å². The number of nitrogens with one attached hydrogen (secondary N) is 1. The number of nitro groups is 1. The molecule has 0 radical (unpaired) electrons. The van der Waals surface area contributed by atoms with Crippen molar-refractivity contribution < 1.29 is 9.66 Å². The first kappa shape index (κ1) is 16.5. The van der Waals surface area contributed by atoms with Crippen molar-refractivity contribution in [2.75, 3.05) is 13.1 Å². The molecule has 6 heteroatoms. The van der Waals surface area contributed by atoms with E-state index >= 15 is 0 Å². The van der Waals surface area contributed by atoms with Crippen LogP contribution in [0.5, 0.6) is 5.75 Å². The number of pyridine rings is 1. The summed E-state index contributed by atoms with van der Waals surface area (Å²) in [7, 11) is 0. The monoisotopic (exact) mass is 349 g/mol. The van der Waals surface area contributed by atoms with E-state index in [2.05, 4.69) is 10.3 Å². The Morgan fingerprint density at radius 3 is 2.58 bits per heavy atom. The summed E-state index contributed by atoms with van der Waals surface area (Å²) in [4.78, 5) is 14.8. The Kier molecular flexibility index (Phi) is 4.50. The fourth-order valence-corrected chi connectivity index (χ4v) is 3.39. The van der Waals surface area contributed by atoms with Crippen LogP contribution in [0.25, 0.3) is 21.9 Å². The minimum atomic E-state index is -0.386. The van der Waals surface area contributed by atoms with Crippen LogP contribution in [-0.2, 0) is 0 Å². The quantitative estimate of drug-likeness (QED) is 0.570. The second-order valence-corrected chi connectivity index (χ2v) is 6.41. The molecular weight excluding hydrogens is 330 g/mol. The van der Waals surface area contributed by atoms with E-state index < -0.39 is 0 Å². The minimum absolute atomic E-state index is 0.0801.